The Morgan fingerprint density at radius 3 is 2.71 bits per heavy atom. The lowest BCUT2D eigenvalue weighted by atomic mass is 10.3. The van der Waals surface area contributed by atoms with Crippen molar-refractivity contribution in [3.8, 4) is 5.75 Å². The van der Waals surface area contributed by atoms with E-state index in [1.54, 1.807) is 7.11 Å². The average Bonchev–Trinajstić information content (AvgIpc) is 2.35. The summed E-state index contributed by atoms with van der Waals surface area (Å²) >= 11 is 5.99. The van der Waals surface area contributed by atoms with Crippen molar-refractivity contribution in [1.29, 1.82) is 0 Å². The van der Waals surface area contributed by atoms with Crippen LogP contribution >= 0.6 is 11.6 Å². The summed E-state index contributed by atoms with van der Waals surface area (Å²) in [5.41, 5.74) is 0. The molecule has 0 radical (unpaired) electrons. The Labute approximate surface area is 108 Å². The van der Waals surface area contributed by atoms with Gasteiger partial charge in [-0.3, -0.25) is 0 Å². The number of hydrogen-bond acceptors (Lipinski definition) is 3. The van der Waals surface area contributed by atoms with Gasteiger partial charge in [-0.15, -0.1) is 11.6 Å². The van der Waals surface area contributed by atoms with E-state index in [1.165, 1.54) is 0 Å². The number of para-hydroxylation sites is 1. The molecular weight excluding hydrogens is 238 g/mol. The van der Waals surface area contributed by atoms with Crippen LogP contribution in [0.5, 0.6) is 5.75 Å². The quantitative estimate of drug-likeness (QED) is 0.544. The molecule has 1 unspecified atom stereocenters. The van der Waals surface area contributed by atoms with E-state index in [1.807, 2.05) is 30.3 Å². The zero-order valence-corrected chi connectivity index (χ0v) is 11.0. The summed E-state index contributed by atoms with van der Waals surface area (Å²) in [7, 11) is 1.66. The van der Waals surface area contributed by atoms with Crippen molar-refractivity contribution in [3.05, 3.63) is 30.3 Å². The van der Waals surface area contributed by atoms with E-state index in [-0.39, 0.29) is 5.38 Å². The molecule has 0 heterocycles. The molecule has 0 saturated carbocycles. The number of nitrogens with one attached hydrogen (secondary N) is 1. The minimum Gasteiger partial charge on any atom is -0.492 e. The summed E-state index contributed by atoms with van der Waals surface area (Å²) in [5, 5.41) is 3.37. The molecule has 0 bridgehead atoms. The molecule has 1 aromatic rings. The maximum absolute atomic E-state index is 5.99. The van der Waals surface area contributed by atoms with Crippen molar-refractivity contribution in [1.82, 2.24) is 5.32 Å². The highest BCUT2D eigenvalue weighted by Gasteiger charge is 2.02. The van der Waals surface area contributed by atoms with Gasteiger partial charge in [0, 0.05) is 13.7 Å². The topological polar surface area (TPSA) is 30.5 Å². The second-order valence-electron chi connectivity index (χ2n) is 3.75. The molecule has 17 heavy (non-hydrogen) atoms. The van der Waals surface area contributed by atoms with Gasteiger partial charge < -0.3 is 14.8 Å². The summed E-state index contributed by atoms with van der Waals surface area (Å²) in [6.45, 7) is 2.98. The van der Waals surface area contributed by atoms with Gasteiger partial charge in [0.1, 0.15) is 12.4 Å². The van der Waals surface area contributed by atoms with Gasteiger partial charge in [-0.25, -0.2) is 0 Å². The molecule has 1 rings (SSSR count). The predicted molar refractivity (Wildman–Crippen MR) is 70.9 cm³/mol. The minimum atomic E-state index is 0.0857. The van der Waals surface area contributed by atoms with Crippen molar-refractivity contribution < 1.29 is 9.47 Å². The zero-order valence-electron chi connectivity index (χ0n) is 10.2. The van der Waals surface area contributed by atoms with Gasteiger partial charge in [0.05, 0.1) is 12.0 Å². The van der Waals surface area contributed by atoms with E-state index in [0.29, 0.717) is 13.2 Å². The first-order valence-electron chi connectivity index (χ1n) is 5.84. The number of hydrogen-bond donors (Lipinski definition) is 1. The highest BCUT2D eigenvalue weighted by molar-refractivity contribution is 6.20. The van der Waals surface area contributed by atoms with Crippen LogP contribution < -0.4 is 10.1 Å². The third-order valence-electron chi connectivity index (χ3n) is 2.27. The van der Waals surface area contributed by atoms with E-state index in [2.05, 4.69) is 5.32 Å². The van der Waals surface area contributed by atoms with Gasteiger partial charge in [-0.05, 0) is 25.1 Å². The first kappa shape index (κ1) is 14.3. The highest BCUT2D eigenvalue weighted by atomic mass is 35.5. The lowest BCUT2D eigenvalue weighted by molar-refractivity contribution is 0.195. The van der Waals surface area contributed by atoms with Crippen molar-refractivity contribution in [3.63, 3.8) is 0 Å². The van der Waals surface area contributed by atoms with E-state index in [0.717, 1.165) is 25.3 Å². The van der Waals surface area contributed by atoms with Crippen LogP contribution in [0, 0.1) is 0 Å². The van der Waals surface area contributed by atoms with Crippen LogP contribution in [0.15, 0.2) is 30.3 Å². The van der Waals surface area contributed by atoms with E-state index >= 15 is 0 Å². The third kappa shape index (κ3) is 7.21. The first-order chi connectivity index (χ1) is 8.33. The second kappa shape index (κ2) is 9.28. The van der Waals surface area contributed by atoms with Crippen molar-refractivity contribution >= 4 is 11.6 Å². The third-order valence-corrected chi connectivity index (χ3v) is 2.62. The van der Waals surface area contributed by atoms with Gasteiger partial charge >= 0.3 is 0 Å². The van der Waals surface area contributed by atoms with Crippen LogP contribution in [0.1, 0.15) is 6.42 Å². The Morgan fingerprint density at radius 1 is 1.24 bits per heavy atom. The number of alkyl halides is 1. The van der Waals surface area contributed by atoms with E-state index in [4.69, 9.17) is 21.1 Å². The standard InChI is InChI=1S/C13H20ClNO2/c1-16-11-12(14)7-8-15-9-10-17-13-5-3-2-4-6-13/h2-6,12,15H,7-11H2,1H3. The molecule has 0 amide bonds. The van der Waals surface area contributed by atoms with Crippen LogP contribution in [0.3, 0.4) is 0 Å². The molecule has 1 atom stereocenters. The van der Waals surface area contributed by atoms with E-state index in [9.17, 15) is 0 Å². The Bertz CT molecular complexity index is 282. The SMILES string of the molecule is COCC(Cl)CCNCCOc1ccccc1. The molecule has 0 aliphatic carbocycles. The molecule has 1 aromatic carbocycles. The lowest BCUT2D eigenvalue weighted by Crippen LogP contribution is -2.24. The summed E-state index contributed by atoms with van der Waals surface area (Å²) in [6.07, 6.45) is 0.904. The van der Waals surface area contributed by atoms with Crippen LogP contribution in [-0.2, 0) is 4.74 Å². The number of halogens is 1. The number of rotatable bonds is 9. The zero-order chi connectivity index (χ0) is 12.3. The molecule has 0 aromatic heterocycles. The minimum absolute atomic E-state index is 0.0857. The van der Waals surface area contributed by atoms with Crippen molar-refractivity contribution in [2.24, 2.45) is 0 Å². The van der Waals surface area contributed by atoms with Gasteiger partial charge in [-0.1, -0.05) is 18.2 Å². The van der Waals surface area contributed by atoms with E-state index < -0.39 is 0 Å². The van der Waals surface area contributed by atoms with Crippen molar-refractivity contribution in [2.75, 3.05) is 33.4 Å². The molecular formula is C13H20ClNO2. The summed E-state index contributed by atoms with van der Waals surface area (Å²) in [4.78, 5) is 0. The molecule has 0 fully saturated rings. The Morgan fingerprint density at radius 2 is 2.00 bits per heavy atom. The predicted octanol–water partition coefficient (Wildman–Crippen LogP) is 2.30. The van der Waals surface area contributed by atoms with Gasteiger partial charge in [0.25, 0.3) is 0 Å². The van der Waals surface area contributed by atoms with Crippen molar-refractivity contribution in [2.45, 2.75) is 11.8 Å². The summed E-state index contributed by atoms with van der Waals surface area (Å²) in [6, 6.07) is 9.81. The molecule has 96 valence electrons. The second-order valence-corrected chi connectivity index (χ2v) is 4.37. The maximum Gasteiger partial charge on any atom is 0.119 e. The Hall–Kier alpha value is -0.770. The number of ether oxygens (including phenoxy) is 2. The number of benzene rings is 1. The number of methoxy groups -OCH3 is 1. The Balaban J connectivity index is 1.95. The first-order valence-corrected chi connectivity index (χ1v) is 6.28. The fraction of sp³-hybridized carbons (Fsp3) is 0.538. The summed E-state index contributed by atoms with van der Waals surface area (Å²) < 4.78 is 10.5. The van der Waals surface area contributed by atoms with Crippen LogP contribution in [0.4, 0.5) is 0 Å². The van der Waals surface area contributed by atoms with Crippen LogP contribution in [0.25, 0.3) is 0 Å². The fourth-order valence-corrected chi connectivity index (χ4v) is 1.64. The van der Waals surface area contributed by atoms with Gasteiger partial charge in [0.2, 0.25) is 0 Å². The molecule has 4 heteroatoms. The molecule has 0 aliphatic rings. The Kier molecular flexibility index (Phi) is 7.80. The molecule has 3 nitrogen and oxygen atoms in total. The summed E-state index contributed by atoms with van der Waals surface area (Å²) in [5.74, 6) is 0.906. The van der Waals surface area contributed by atoms with Crippen LogP contribution in [-0.4, -0.2) is 38.8 Å². The fourth-order valence-electron chi connectivity index (χ4n) is 1.41. The molecule has 0 aliphatic heterocycles. The van der Waals surface area contributed by atoms with Gasteiger partial charge in [0.15, 0.2) is 0 Å². The maximum atomic E-state index is 5.99. The largest absolute Gasteiger partial charge is 0.492 e. The molecule has 1 N–H and O–H groups in total. The molecule has 0 saturated heterocycles. The normalized spacial score (nSPS) is 12.4. The lowest BCUT2D eigenvalue weighted by Gasteiger charge is -2.10. The molecule has 0 spiro atoms. The monoisotopic (exact) mass is 257 g/mol. The van der Waals surface area contributed by atoms with Crippen LogP contribution in [0.2, 0.25) is 0 Å². The average molecular weight is 258 g/mol. The van der Waals surface area contributed by atoms with Gasteiger partial charge in [-0.2, -0.15) is 0 Å². The highest BCUT2D eigenvalue weighted by Crippen LogP contribution is 2.07. The smallest absolute Gasteiger partial charge is 0.119 e.